The fraction of sp³-hybridized carbons (Fsp3) is 0.692. The first-order valence-corrected chi connectivity index (χ1v) is 8.05. The van der Waals surface area contributed by atoms with Gasteiger partial charge in [0.15, 0.2) is 0 Å². The lowest BCUT2D eigenvalue weighted by atomic mass is 9.79. The van der Waals surface area contributed by atoms with E-state index in [9.17, 15) is 0 Å². The summed E-state index contributed by atoms with van der Waals surface area (Å²) >= 11 is 5.37. The van der Waals surface area contributed by atoms with Gasteiger partial charge in [-0.3, -0.25) is 0 Å². The maximum Gasteiger partial charge on any atom is 0.0531 e. The molecule has 1 aromatic heterocycles. The van der Waals surface area contributed by atoms with Crippen LogP contribution in [0.4, 0.5) is 0 Å². The molecule has 2 rings (SSSR count). The molecular formula is C13H21BrN2OS. The Labute approximate surface area is 121 Å². The van der Waals surface area contributed by atoms with Gasteiger partial charge in [-0.05, 0) is 53.3 Å². The normalized spacial score (nSPS) is 19.0. The molecule has 0 spiro atoms. The minimum absolute atomic E-state index is 0.309. The molecule has 5 heteroatoms. The zero-order valence-electron chi connectivity index (χ0n) is 10.8. The second kappa shape index (κ2) is 7.01. The van der Waals surface area contributed by atoms with Gasteiger partial charge in [0.1, 0.15) is 0 Å². The van der Waals surface area contributed by atoms with Crippen molar-refractivity contribution in [2.75, 3.05) is 33.4 Å². The quantitative estimate of drug-likeness (QED) is 0.840. The minimum Gasteiger partial charge on any atom is -0.384 e. The Bertz CT molecular complexity index is 358. The van der Waals surface area contributed by atoms with Gasteiger partial charge in [0.2, 0.25) is 0 Å². The van der Waals surface area contributed by atoms with Crippen LogP contribution in [0, 0.1) is 5.41 Å². The Hall–Kier alpha value is 0.0600. The third kappa shape index (κ3) is 3.78. The third-order valence-corrected chi connectivity index (χ3v) is 5.52. The Morgan fingerprint density at radius 2 is 2.28 bits per heavy atom. The second-order valence-corrected chi connectivity index (χ2v) is 6.83. The van der Waals surface area contributed by atoms with Crippen molar-refractivity contribution in [1.29, 1.82) is 0 Å². The first-order chi connectivity index (χ1) is 8.76. The van der Waals surface area contributed by atoms with E-state index in [0.29, 0.717) is 5.41 Å². The fourth-order valence-electron chi connectivity index (χ4n) is 2.53. The molecule has 3 nitrogen and oxygen atoms in total. The van der Waals surface area contributed by atoms with Crippen molar-refractivity contribution in [1.82, 2.24) is 10.6 Å². The molecule has 1 saturated heterocycles. The van der Waals surface area contributed by atoms with Crippen LogP contribution in [-0.4, -0.2) is 33.4 Å². The van der Waals surface area contributed by atoms with Crippen LogP contribution in [0.1, 0.15) is 17.7 Å². The molecule has 18 heavy (non-hydrogen) atoms. The molecule has 1 fully saturated rings. The molecule has 2 heterocycles. The Balaban J connectivity index is 1.84. The summed E-state index contributed by atoms with van der Waals surface area (Å²) in [7, 11) is 1.81. The monoisotopic (exact) mass is 332 g/mol. The number of thiophene rings is 1. The van der Waals surface area contributed by atoms with E-state index >= 15 is 0 Å². The summed E-state index contributed by atoms with van der Waals surface area (Å²) in [6.07, 6.45) is 2.39. The highest BCUT2D eigenvalue weighted by atomic mass is 79.9. The summed E-state index contributed by atoms with van der Waals surface area (Å²) in [5.41, 5.74) is 0.309. The standard InChI is InChI=1S/C13H21BrN2OS/c1-17-10-13(3-5-15-6-4-13)9-16-8-12-11(14)2-7-18-12/h2,7,15-16H,3-6,8-10H2,1H3. The van der Waals surface area contributed by atoms with Crippen LogP contribution in [0.3, 0.4) is 0 Å². The van der Waals surface area contributed by atoms with Crippen molar-refractivity contribution in [2.24, 2.45) is 5.41 Å². The molecule has 0 radical (unpaired) electrons. The van der Waals surface area contributed by atoms with Gasteiger partial charge >= 0.3 is 0 Å². The fourth-order valence-corrected chi connectivity index (χ4v) is 3.99. The highest BCUT2D eigenvalue weighted by Gasteiger charge is 2.31. The zero-order chi connectivity index (χ0) is 12.8. The SMILES string of the molecule is COCC1(CNCc2sccc2Br)CCNCC1. The summed E-state index contributed by atoms with van der Waals surface area (Å²) in [5.74, 6) is 0. The lowest BCUT2D eigenvalue weighted by Crippen LogP contribution is -2.45. The highest BCUT2D eigenvalue weighted by molar-refractivity contribution is 9.10. The average Bonchev–Trinajstić information content (AvgIpc) is 2.77. The number of nitrogens with one attached hydrogen (secondary N) is 2. The largest absolute Gasteiger partial charge is 0.384 e. The topological polar surface area (TPSA) is 33.3 Å². The number of halogens is 1. The lowest BCUT2D eigenvalue weighted by molar-refractivity contribution is 0.0535. The van der Waals surface area contributed by atoms with Crippen LogP contribution in [0.15, 0.2) is 15.9 Å². The summed E-state index contributed by atoms with van der Waals surface area (Å²) < 4.78 is 6.64. The third-order valence-electron chi connectivity index (χ3n) is 3.59. The first-order valence-electron chi connectivity index (χ1n) is 6.38. The Morgan fingerprint density at radius 3 is 2.89 bits per heavy atom. The van der Waals surface area contributed by atoms with Gasteiger partial charge in [-0.15, -0.1) is 11.3 Å². The Morgan fingerprint density at radius 1 is 1.50 bits per heavy atom. The van der Waals surface area contributed by atoms with Crippen molar-refractivity contribution in [3.8, 4) is 0 Å². The molecule has 2 N–H and O–H groups in total. The smallest absolute Gasteiger partial charge is 0.0531 e. The van der Waals surface area contributed by atoms with Crippen LogP contribution in [-0.2, 0) is 11.3 Å². The molecule has 0 saturated carbocycles. The average molecular weight is 333 g/mol. The van der Waals surface area contributed by atoms with Crippen molar-refractivity contribution >= 4 is 27.3 Å². The summed E-state index contributed by atoms with van der Waals surface area (Å²) in [6, 6.07) is 2.11. The minimum atomic E-state index is 0.309. The van der Waals surface area contributed by atoms with E-state index in [4.69, 9.17) is 4.74 Å². The molecule has 1 aliphatic heterocycles. The molecule has 1 aliphatic rings. The van der Waals surface area contributed by atoms with Crippen LogP contribution < -0.4 is 10.6 Å². The maximum absolute atomic E-state index is 5.42. The van der Waals surface area contributed by atoms with Gasteiger partial charge in [0.05, 0.1) is 6.61 Å². The Kier molecular flexibility index (Phi) is 5.63. The second-order valence-electron chi connectivity index (χ2n) is 4.98. The number of rotatable bonds is 6. The molecule has 102 valence electrons. The summed E-state index contributed by atoms with van der Waals surface area (Å²) in [5, 5.41) is 9.14. The number of methoxy groups -OCH3 is 1. The molecular weight excluding hydrogens is 312 g/mol. The number of hydrogen-bond donors (Lipinski definition) is 2. The van der Waals surface area contributed by atoms with Gasteiger partial charge in [-0.1, -0.05) is 0 Å². The van der Waals surface area contributed by atoms with Crippen molar-refractivity contribution < 1.29 is 4.74 Å². The van der Waals surface area contributed by atoms with Crippen molar-refractivity contribution in [3.05, 3.63) is 20.8 Å². The maximum atomic E-state index is 5.42. The summed E-state index contributed by atoms with van der Waals surface area (Å²) in [4.78, 5) is 1.37. The predicted molar refractivity (Wildman–Crippen MR) is 80.1 cm³/mol. The van der Waals surface area contributed by atoms with Crippen molar-refractivity contribution in [3.63, 3.8) is 0 Å². The highest BCUT2D eigenvalue weighted by Crippen LogP contribution is 2.29. The van der Waals surface area contributed by atoms with Gasteiger partial charge in [-0.25, -0.2) is 0 Å². The summed E-state index contributed by atoms with van der Waals surface area (Å²) in [6.45, 7) is 5.04. The lowest BCUT2D eigenvalue weighted by Gasteiger charge is -2.37. The van der Waals surface area contributed by atoms with E-state index in [1.54, 1.807) is 18.4 Å². The molecule has 0 aromatic carbocycles. The van der Waals surface area contributed by atoms with Gasteiger partial charge in [-0.2, -0.15) is 0 Å². The molecule has 0 amide bonds. The number of ether oxygens (including phenoxy) is 1. The number of hydrogen-bond acceptors (Lipinski definition) is 4. The van der Waals surface area contributed by atoms with E-state index in [1.807, 2.05) is 0 Å². The number of piperidine rings is 1. The molecule has 0 atom stereocenters. The molecule has 0 unspecified atom stereocenters. The van der Waals surface area contributed by atoms with E-state index in [-0.39, 0.29) is 0 Å². The van der Waals surface area contributed by atoms with E-state index in [1.165, 1.54) is 22.2 Å². The van der Waals surface area contributed by atoms with Gasteiger partial charge in [0.25, 0.3) is 0 Å². The van der Waals surface area contributed by atoms with E-state index in [2.05, 4.69) is 38.0 Å². The van der Waals surface area contributed by atoms with E-state index < -0.39 is 0 Å². The molecule has 0 bridgehead atoms. The van der Waals surface area contributed by atoms with Crippen LogP contribution >= 0.6 is 27.3 Å². The van der Waals surface area contributed by atoms with Gasteiger partial charge < -0.3 is 15.4 Å². The van der Waals surface area contributed by atoms with Crippen LogP contribution in [0.25, 0.3) is 0 Å². The zero-order valence-corrected chi connectivity index (χ0v) is 13.2. The van der Waals surface area contributed by atoms with Crippen LogP contribution in [0.2, 0.25) is 0 Å². The molecule has 0 aliphatic carbocycles. The molecule has 1 aromatic rings. The first kappa shape index (κ1) is 14.5. The van der Waals surface area contributed by atoms with Crippen molar-refractivity contribution in [2.45, 2.75) is 19.4 Å². The predicted octanol–water partition coefficient (Wildman–Crippen LogP) is 2.62. The van der Waals surface area contributed by atoms with Crippen LogP contribution in [0.5, 0.6) is 0 Å². The van der Waals surface area contributed by atoms with E-state index in [0.717, 1.165) is 32.8 Å². The van der Waals surface area contributed by atoms with Gasteiger partial charge in [0, 0.05) is 35.0 Å².